The van der Waals surface area contributed by atoms with Gasteiger partial charge in [-0.25, -0.2) is 0 Å². The molecule has 1 aliphatic heterocycles. The van der Waals surface area contributed by atoms with E-state index in [2.05, 4.69) is 9.47 Å². The molecule has 0 aromatic rings. The second-order valence-corrected chi connectivity index (χ2v) is 13.1. The third-order valence-corrected chi connectivity index (χ3v) is 8.90. The molecule has 12 nitrogen and oxygen atoms in total. The van der Waals surface area contributed by atoms with E-state index < -0.39 is 144 Å². The minimum Gasteiger partial charge on any atom is -0.480 e. The average molecular weight is 899 g/mol. The number of carbonyl (C=O) groups is 3. The number of ether oxygens (including phenoxy) is 2. The number of nitrogens with zero attached hydrogens (tertiary/aromatic N) is 4. The SMILES string of the molecule is CCC(COC(C(F)(F)F)(C(F)(F)F)C(F)(F)F)(COC(C(F)(F)F)(C(F)(F)F)C(F)(F)F)CN1CCN(CC(=O)O)CCN(CC(=O)O)CCN(CC(=O)O)CC1. The number of carboxylic acids is 3. The summed E-state index contributed by atoms with van der Waals surface area (Å²) in [6.07, 6.45) is -46.7. The Morgan fingerprint density at radius 1 is 0.431 bits per heavy atom. The van der Waals surface area contributed by atoms with Gasteiger partial charge in [-0.05, 0) is 6.42 Å². The average Bonchev–Trinajstić information content (AvgIpc) is 2.97. The van der Waals surface area contributed by atoms with Crippen LogP contribution in [-0.2, 0) is 23.9 Å². The minimum absolute atomic E-state index is 0.288. The van der Waals surface area contributed by atoms with Crippen molar-refractivity contribution in [3.8, 4) is 0 Å². The fraction of sp³-hybridized carbons (Fsp3) is 0.893. The van der Waals surface area contributed by atoms with Crippen LogP contribution in [0.1, 0.15) is 13.3 Å². The zero-order valence-electron chi connectivity index (χ0n) is 29.6. The van der Waals surface area contributed by atoms with E-state index in [0.29, 0.717) is 11.8 Å². The summed E-state index contributed by atoms with van der Waals surface area (Å²) in [6, 6.07) is 0. The molecule has 0 aromatic carbocycles. The number of carboxylic acid groups (broad SMARTS) is 3. The van der Waals surface area contributed by atoms with Gasteiger partial charge in [0.15, 0.2) is 0 Å². The molecular formula is C28H36F18N4O8. The number of hydrogen-bond donors (Lipinski definition) is 3. The van der Waals surface area contributed by atoms with Crippen LogP contribution in [0.15, 0.2) is 0 Å². The number of hydrogen-bond acceptors (Lipinski definition) is 9. The molecule has 0 atom stereocenters. The summed E-state index contributed by atoms with van der Waals surface area (Å²) in [6.45, 7) is -13.5. The van der Waals surface area contributed by atoms with Gasteiger partial charge in [0, 0.05) is 64.3 Å². The standard InChI is InChI=1S/C28H36F18N4O8/c1-2-20(15-57-21(23(29,30)31,24(32,33)34)25(35,36)37,16-58-22(26(38,39)40,27(41,42)43)28(44,45)46)14-50-9-7-48(12-18(53)54)5-3-47(11-17(51)52)4-6-49(8-10-50)13-19(55)56/h2-16H2,1H3,(H,51,52)(H,53,54)(H,55,56). The summed E-state index contributed by atoms with van der Waals surface area (Å²) < 4.78 is 255. The van der Waals surface area contributed by atoms with Gasteiger partial charge < -0.3 is 29.7 Å². The van der Waals surface area contributed by atoms with E-state index in [4.69, 9.17) is 0 Å². The third kappa shape index (κ3) is 13.0. The van der Waals surface area contributed by atoms with Crippen molar-refractivity contribution in [3.05, 3.63) is 0 Å². The topological polar surface area (TPSA) is 143 Å². The number of halogens is 18. The maximum absolute atomic E-state index is 13.8. The monoisotopic (exact) mass is 898 g/mol. The van der Waals surface area contributed by atoms with Crippen LogP contribution in [0, 0.1) is 5.41 Å². The lowest BCUT2D eigenvalue weighted by Gasteiger charge is -2.45. The Morgan fingerprint density at radius 3 is 0.810 bits per heavy atom. The van der Waals surface area contributed by atoms with Crippen LogP contribution in [0.4, 0.5) is 79.0 Å². The van der Waals surface area contributed by atoms with E-state index >= 15 is 0 Å². The highest BCUT2D eigenvalue weighted by Crippen LogP contribution is 2.57. The molecule has 0 amide bonds. The largest absolute Gasteiger partial charge is 0.480 e. The van der Waals surface area contributed by atoms with Crippen molar-refractivity contribution < 1.29 is 118 Å². The lowest BCUT2D eigenvalue weighted by Crippen LogP contribution is -2.70. The second-order valence-electron chi connectivity index (χ2n) is 13.1. The van der Waals surface area contributed by atoms with Crippen LogP contribution in [0.2, 0.25) is 0 Å². The van der Waals surface area contributed by atoms with E-state index in [1.54, 1.807) is 0 Å². The summed E-state index contributed by atoms with van der Waals surface area (Å²) in [4.78, 5) is 38.3. The minimum atomic E-state index is -7.53. The van der Waals surface area contributed by atoms with Crippen molar-refractivity contribution >= 4 is 17.9 Å². The highest BCUT2D eigenvalue weighted by Gasteiger charge is 2.87. The van der Waals surface area contributed by atoms with Gasteiger partial charge in [0.2, 0.25) is 0 Å². The lowest BCUT2D eigenvalue weighted by atomic mass is 9.84. The highest BCUT2D eigenvalue weighted by molar-refractivity contribution is 5.69. The van der Waals surface area contributed by atoms with Crippen LogP contribution in [-0.4, -0.2) is 193 Å². The van der Waals surface area contributed by atoms with Crippen LogP contribution in [0.3, 0.4) is 0 Å². The van der Waals surface area contributed by atoms with Gasteiger partial charge in [0.1, 0.15) is 0 Å². The highest BCUT2D eigenvalue weighted by atomic mass is 19.4. The number of alkyl halides is 18. The van der Waals surface area contributed by atoms with E-state index in [1.807, 2.05) is 0 Å². The van der Waals surface area contributed by atoms with Crippen molar-refractivity contribution in [1.82, 2.24) is 19.6 Å². The van der Waals surface area contributed by atoms with Crippen molar-refractivity contribution in [1.29, 1.82) is 0 Å². The van der Waals surface area contributed by atoms with Crippen molar-refractivity contribution in [3.63, 3.8) is 0 Å². The molecule has 30 heteroatoms. The van der Waals surface area contributed by atoms with Crippen LogP contribution >= 0.6 is 0 Å². The molecule has 1 fully saturated rings. The first-order chi connectivity index (χ1) is 25.9. The predicted octanol–water partition coefficient (Wildman–Crippen LogP) is 4.74. The van der Waals surface area contributed by atoms with E-state index in [0.717, 1.165) is 9.80 Å². The van der Waals surface area contributed by atoms with Crippen LogP contribution in [0.25, 0.3) is 0 Å². The predicted molar refractivity (Wildman–Crippen MR) is 155 cm³/mol. The molecule has 1 rings (SSSR count). The van der Waals surface area contributed by atoms with Crippen LogP contribution < -0.4 is 0 Å². The van der Waals surface area contributed by atoms with Crippen molar-refractivity contribution in [2.75, 3.05) is 91.8 Å². The second kappa shape index (κ2) is 19.1. The fourth-order valence-electron chi connectivity index (χ4n) is 5.69. The molecule has 58 heavy (non-hydrogen) atoms. The molecule has 0 radical (unpaired) electrons. The molecule has 0 aliphatic carbocycles. The smallest absolute Gasteiger partial charge is 0.435 e. The lowest BCUT2D eigenvalue weighted by molar-refractivity contribution is -0.467. The first kappa shape index (κ1) is 52.9. The first-order valence-electron chi connectivity index (χ1n) is 16.1. The van der Waals surface area contributed by atoms with Gasteiger partial charge in [0.05, 0.1) is 32.8 Å². The summed E-state index contributed by atoms with van der Waals surface area (Å²) in [5.41, 5.74) is -18.0. The van der Waals surface area contributed by atoms with Gasteiger partial charge in [-0.3, -0.25) is 29.1 Å². The Labute approximate surface area is 315 Å². The van der Waals surface area contributed by atoms with E-state index in [9.17, 15) is 109 Å². The number of aliphatic carboxylic acids is 3. The molecule has 1 aliphatic rings. The first-order valence-corrected chi connectivity index (χ1v) is 16.1. The molecule has 342 valence electrons. The van der Waals surface area contributed by atoms with Gasteiger partial charge in [-0.1, -0.05) is 6.92 Å². The van der Waals surface area contributed by atoms with Gasteiger partial charge >= 0.3 is 66.2 Å². The molecular weight excluding hydrogens is 862 g/mol. The number of rotatable bonds is 15. The summed E-state index contributed by atoms with van der Waals surface area (Å²) in [5.74, 6) is -4.55. The molecule has 1 saturated heterocycles. The van der Waals surface area contributed by atoms with Gasteiger partial charge in [-0.2, -0.15) is 79.0 Å². The molecule has 0 unspecified atom stereocenters. The molecule has 3 N–H and O–H groups in total. The van der Waals surface area contributed by atoms with E-state index in [1.165, 1.54) is 4.90 Å². The van der Waals surface area contributed by atoms with Crippen LogP contribution in [0.5, 0.6) is 0 Å². The maximum atomic E-state index is 13.8. The molecule has 0 aromatic heterocycles. The molecule has 0 saturated carbocycles. The Hall–Kier alpha value is -3.09. The normalized spacial score (nSPS) is 18.5. The molecule has 0 spiro atoms. The molecule has 0 bridgehead atoms. The Balaban J connectivity index is 4.06. The van der Waals surface area contributed by atoms with Crippen molar-refractivity contribution in [2.45, 2.75) is 61.6 Å². The van der Waals surface area contributed by atoms with Gasteiger partial charge in [-0.15, -0.1) is 0 Å². The summed E-state index contributed by atoms with van der Waals surface area (Å²) >= 11 is 0. The summed E-state index contributed by atoms with van der Waals surface area (Å²) in [7, 11) is 0. The molecule has 1 heterocycles. The van der Waals surface area contributed by atoms with E-state index in [-0.39, 0.29) is 26.2 Å². The Bertz CT molecular complexity index is 1210. The summed E-state index contributed by atoms with van der Waals surface area (Å²) in [5, 5.41) is 27.9. The zero-order chi connectivity index (χ0) is 45.6. The Kier molecular flexibility index (Phi) is 17.4. The Morgan fingerprint density at radius 2 is 0.638 bits per heavy atom. The van der Waals surface area contributed by atoms with Gasteiger partial charge in [0.25, 0.3) is 0 Å². The zero-order valence-corrected chi connectivity index (χ0v) is 29.6. The maximum Gasteiger partial charge on any atom is 0.435 e. The fourth-order valence-corrected chi connectivity index (χ4v) is 5.69. The van der Waals surface area contributed by atoms with Crippen molar-refractivity contribution in [2.24, 2.45) is 5.41 Å². The third-order valence-electron chi connectivity index (χ3n) is 8.90. The quantitative estimate of drug-likeness (QED) is 0.196.